The van der Waals surface area contributed by atoms with Gasteiger partial charge in [-0.25, -0.2) is 4.98 Å². The van der Waals surface area contributed by atoms with Gasteiger partial charge in [0.1, 0.15) is 6.61 Å². The molecule has 3 rings (SSSR count). The fraction of sp³-hybridized carbons (Fsp3) is 0.250. The SMILES string of the molecule is CC(=O)NC(CC(=O)OCc1csc(-c2ccco2)n1)c1ccc(C)cc1. The fourth-order valence-electron chi connectivity index (χ4n) is 2.56. The van der Waals surface area contributed by atoms with Crippen molar-refractivity contribution in [2.75, 3.05) is 0 Å². The van der Waals surface area contributed by atoms with Gasteiger partial charge in [0.2, 0.25) is 5.91 Å². The lowest BCUT2D eigenvalue weighted by Gasteiger charge is -2.17. The normalized spacial score (nSPS) is 11.8. The molecule has 0 aliphatic rings. The van der Waals surface area contributed by atoms with Gasteiger partial charge in [-0.1, -0.05) is 29.8 Å². The van der Waals surface area contributed by atoms with Crippen molar-refractivity contribution >= 4 is 23.2 Å². The number of amides is 1. The average molecular weight is 384 g/mol. The van der Waals surface area contributed by atoms with E-state index in [1.807, 2.05) is 42.6 Å². The average Bonchev–Trinajstić information content (AvgIpc) is 3.31. The van der Waals surface area contributed by atoms with Gasteiger partial charge in [-0.3, -0.25) is 9.59 Å². The summed E-state index contributed by atoms with van der Waals surface area (Å²) in [5.74, 6) is 0.0838. The predicted octanol–water partition coefficient (Wildman–Crippen LogP) is 4.02. The first-order chi connectivity index (χ1) is 13.0. The number of carbonyl (C=O) groups excluding carboxylic acids is 2. The Kier molecular flexibility index (Phi) is 6.03. The number of aromatic nitrogens is 1. The Morgan fingerprint density at radius 3 is 2.70 bits per heavy atom. The zero-order chi connectivity index (χ0) is 19.2. The second kappa shape index (κ2) is 8.64. The van der Waals surface area contributed by atoms with Gasteiger partial charge >= 0.3 is 5.97 Å². The molecule has 1 atom stereocenters. The Morgan fingerprint density at radius 2 is 2.04 bits per heavy atom. The molecule has 1 amide bonds. The maximum absolute atomic E-state index is 12.3. The second-order valence-electron chi connectivity index (χ2n) is 6.15. The Bertz CT molecular complexity index is 900. The number of esters is 1. The van der Waals surface area contributed by atoms with Crippen LogP contribution in [0.1, 0.15) is 36.2 Å². The van der Waals surface area contributed by atoms with E-state index in [0.29, 0.717) is 11.5 Å². The number of thiazole rings is 1. The summed E-state index contributed by atoms with van der Waals surface area (Å²) in [5.41, 5.74) is 2.63. The van der Waals surface area contributed by atoms with Gasteiger partial charge in [0.25, 0.3) is 0 Å². The van der Waals surface area contributed by atoms with Crippen LogP contribution in [0.3, 0.4) is 0 Å². The molecule has 0 spiro atoms. The highest BCUT2D eigenvalue weighted by atomic mass is 32.1. The summed E-state index contributed by atoms with van der Waals surface area (Å²) in [6.45, 7) is 3.49. The monoisotopic (exact) mass is 384 g/mol. The van der Waals surface area contributed by atoms with Crippen LogP contribution in [0.4, 0.5) is 0 Å². The number of ether oxygens (including phenoxy) is 1. The molecule has 6 nitrogen and oxygen atoms in total. The van der Waals surface area contributed by atoms with Crippen LogP contribution in [0.5, 0.6) is 0 Å². The molecule has 7 heteroatoms. The quantitative estimate of drug-likeness (QED) is 0.622. The van der Waals surface area contributed by atoms with Gasteiger partial charge in [0.15, 0.2) is 10.8 Å². The number of aryl methyl sites for hydroxylation is 1. The van der Waals surface area contributed by atoms with Gasteiger partial charge in [-0.05, 0) is 24.6 Å². The molecule has 2 aromatic heterocycles. The summed E-state index contributed by atoms with van der Waals surface area (Å²) in [6.07, 6.45) is 1.64. The maximum atomic E-state index is 12.3. The zero-order valence-electron chi connectivity index (χ0n) is 15.1. The topological polar surface area (TPSA) is 81.4 Å². The molecule has 0 fully saturated rings. The van der Waals surface area contributed by atoms with Crippen molar-refractivity contribution in [1.29, 1.82) is 0 Å². The number of nitrogens with zero attached hydrogens (tertiary/aromatic N) is 1. The van der Waals surface area contributed by atoms with Crippen LogP contribution in [-0.2, 0) is 20.9 Å². The standard InChI is InChI=1S/C20H20N2O4S/c1-13-5-7-15(8-6-13)17(21-14(2)23)10-19(24)26-11-16-12-27-20(22-16)18-4-3-9-25-18/h3-9,12,17H,10-11H2,1-2H3,(H,21,23). The van der Waals surface area contributed by atoms with E-state index in [-0.39, 0.29) is 18.9 Å². The molecule has 0 radical (unpaired) electrons. The number of nitrogens with one attached hydrogen (secondary N) is 1. The Morgan fingerprint density at radius 1 is 1.26 bits per heavy atom. The van der Waals surface area contributed by atoms with Crippen LogP contribution >= 0.6 is 11.3 Å². The molecular formula is C20H20N2O4S. The highest BCUT2D eigenvalue weighted by Gasteiger charge is 2.18. The molecule has 1 unspecified atom stereocenters. The summed E-state index contributed by atoms with van der Waals surface area (Å²) < 4.78 is 10.6. The summed E-state index contributed by atoms with van der Waals surface area (Å²) in [5, 5.41) is 5.37. The van der Waals surface area contributed by atoms with Gasteiger partial charge in [0, 0.05) is 12.3 Å². The largest absolute Gasteiger partial charge is 0.462 e. The van der Waals surface area contributed by atoms with Crippen LogP contribution in [0.15, 0.2) is 52.5 Å². The highest BCUT2D eigenvalue weighted by Crippen LogP contribution is 2.24. The van der Waals surface area contributed by atoms with Gasteiger partial charge in [0.05, 0.1) is 24.4 Å². The minimum Gasteiger partial charge on any atom is -0.462 e. The maximum Gasteiger partial charge on any atom is 0.308 e. The smallest absolute Gasteiger partial charge is 0.308 e. The number of furan rings is 1. The minimum atomic E-state index is -0.426. The molecule has 2 heterocycles. The van der Waals surface area contributed by atoms with Crippen LogP contribution in [0.25, 0.3) is 10.8 Å². The number of hydrogen-bond donors (Lipinski definition) is 1. The first kappa shape index (κ1) is 18.8. The molecule has 3 aromatic rings. The molecule has 0 aliphatic carbocycles. The van der Waals surface area contributed by atoms with Crippen LogP contribution in [-0.4, -0.2) is 16.9 Å². The fourth-order valence-corrected chi connectivity index (χ4v) is 3.33. The van der Waals surface area contributed by atoms with E-state index >= 15 is 0 Å². The van der Waals surface area contributed by atoms with Gasteiger partial charge < -0.3 is 14.5 Å². The first-order valence-corrected chi connectivity index (χ1v) is 9.37. The van der Waals surface area contributed by atoms with Crippen molar-refractivity contribution in [3.05, 3.63) is 64.9 Å². The molecule has 0 bridgehead atoms. The number of hydrogen-bond acceptors (Lipinski definition) is 6. The highest BCUT2D eigenvalue weighted by molar-refractivity contribution is 7.13. The Hall–Kier alpha value is -2.93. The molecule has 0 saturated heterocycles. The van der Waals surface area contributed by atoms with Crippen LogP contribution in [0.2, 0.25) is 0 Å². The lowest BCUT2D eigenvalue weighted by molar-refractivity contribution is -0.145. The Balaban J connectivity index is 1.59. The van der Waals surface area contributed by atoms with Crippen molar-refractivity contribution in [2.45, 2.75) is 32.9 Å². The van der Waals surface area contributed by atoms with E-state index in [4.69, 9.17) is 9.15 Å². The summed E-state index contributed by atoms with van der Waals surface area (Å²) >= 11 is 1.43. The molecular weight excluding hydrogens is 364 g/mol. The number of carbonyl (C=O) groups is 2. The lowest BCUT2D eigenvalue weighted by Crippen LogP contribution is -2.28. The van der Waals surface area contributed by atoms with E-state index in [0.717, 1.165) is 16.1 Å². The van der Waals surface area contributed by atoms with Gasteiger partial charge in [-0.15, -0.1) is 11.3 Å². The number of rotatable bonds is 7. The molecule has 0 aliphatic heterocycles. The van der Waals surface area contributed by atoms with E-state index in [1.165, 1.54) is 18.3 Å². The van der Waals surface area contributed by atoms with Crippen molar-refractivity contribution in [1.82, 2.24) is 10.3 Å². The summed E-state index contributed by atoms with van der Waals surface area (Å²) in [4.78, 5) is 28.2. The second-order valence-corrected chi connectivity index (χ2v) is 7.01. The van der Waals surface area contributed by atoms with Crippen LogP contribution < -0.4 is 5.32 Å². The van der Waals surface area contributed by atoms with Crippen molar-refractivity contribution in [3.63, 3.8) is 0 Å². The third-order valence-electron chi connectivity index (χ3n) is 3.89. The van der Waals surface area contributed by atoms with E-state index in [9.17, 15) is 9.59 Å². The molecule has 0 saturated carbocycles. The minimum absolute atomic E-state index is 0.0534. The molecule has 140 valence electrons. The van der Waals surface area contributed by atoms with Crippen molar-refractivity contribution in [2.24, 2.45) is 0 Å². The third kappa shape index (κ3) is 5.27. The lowest BCUT2D eigenvalue weighted by atomic mass is 10.0. The zero-order valence-corrected chi connectivity index (χ0v) is 15.9. The first-order valence-electron chi connectivity index (χ1n) is 8.49. The van der Waals surface area contributed by atoms with E-state index < -0.39 is 12.0 Å². The number of benzene rings is 1. The molecule has 1 aromatic carbocycles. The van der Waals surface area contributed by atoms with Crippen molar-refractivity contribution in [3.8, 4) is 10.8 Å². The third-order valence-corrected chi connectivity index (χ3v) is 4.80. The molecule has 27 heavy (non-hydrogen) atoms. The van der Waals surface area contributed by atoms with Crippen LogP contribution in [0, 0.1) is 6.92 Å². The summed E-state index contributed by atoms with van der Waals surface area (Å²) in [6, 6.07) is 10.9. The molecule has 1 N–H and O–H groups in total. The predicted molar refractivity (Wildman–Crippen MR) is 102 cm³/mol. The Labute approximate surface area is 161 Å². The van der Waals surface area contributed by atoms with Crippen molar-refractivity contribution < 1.29 is 18.7 Å². The summed E-state index contributed by atoms with van der Waals surface area (Å²) in [7, 11) is 0. The van der Waals surface area contributed by atoms with E-state index in [2.05, 4.69) is 10.3 Å². The van der Waals surface area contributed by atoms with Gasteiger partial charge in [-0.2, -0.15) is 0 Å². The van der Waals surface area contributed by atoms with E-state index in [1.54, 1.807) is 12.3 Å².